The van der Waals surface area contributed by atoms with Crippen LogP contribution in [0.3, 0.4) is 0 Å². The van der Waals surface area contributed by atoms with Gasteiger partial charge in [0.15, 0.2) is 11.2 Å². The summed E-state index contributed by atoms with van der Waals surface area (Å²) in [7, 11) is 0. The second-order valence-electron chi connectivity index (χ2n) is 4.97. The van der Waals surface area contributed by atoms with E-state index in [9.17, 15) is 4.79 Å². The summed E-state index contributed by atoms with van der Waals surface area (Å²) in [6, 6.07) is 15.5. The van der Waals surface area contributed by atoms with Crippen molar-refractivity contribution in [1.29, 1.82) is 5.26 Å². The number of nitrogens with one attached hydrogen (secondary N) is 3. The van der Waals surface area contributed by atoms with Crippen LogP contribution in [-0.4, -0.2) is 17.1 Å². The summed E-state index contributed by atoms with van der Waals surface area (Å²) in [4.78, 5) is 12.0. The lowest BCUT2D eigenvalue weighted by Crippen LogP contribution is -2.48. The van der Waals surface area contributed by atoms with E-state index < -0.39 is 12.0 Å². The van der Waals surface area contributed by atoms with Crippen LogP contribution in [0.5, 0.6) is 5.75 Å². The largest absolute Gasteiger partial charge is 0.481 e. The number of carbonyl (C=O) groups excluding carboxylic acids is 1. The fourth-order valence-electron chi connectivity index (χ4n) is 1.78. The first-order chi connectivity index (χ1) is 12.0. The average molecular weight is 375 g/mol. The van der Waals surface area contributed by atoms with Crippen molar-refractivity contribution in [2.45, 2.75) is 13.0 Å². The molecule has 8 heteroatoms. The highest BCUT2D eigenvalue weighted by molar-refractivity contribution is 7.80. The molecule has 1 atom stereocenters. The zero-order valence-electron chi connectivity index (χ0n) is 13.2. The molecule has 0 aromatic heterocycles. The Morgan fingerprint density at radius 2 is 1.80 bits per heavy atom. The van der Waals surface area contributed by atoms with Gasteiger partial charge < -0.3 is 10.1 Å². The molecule has 128 valence electrons. The van der Waals surface area contributed by atoms with Crippen LogP contribution >= 0.6 is 23.8 Å². The van der Waals surface area contributed by atoms with Crippen molar-refractivity contribution >= 4 is 40.5 Å². The summed E-state index contributed by atoms with van der Waals surface area (Å²) in [5.74, 6) is 0.0909. The van der Waals surface area contributed by atoms with Gasteiger partial charge in [0.1, 0.15) is 5.75 Å². The number of thiocarbonyl (C=S) groups is 1. The Balaban J connectivity index is 1.79. The summed E-state index contributed by atoms with van der Waals surface area (Å²) < 4.78 is 5.50. The highest BCUT2D eigenvalue weighted by atomic mass is 35.5. The number of hydrogen-bond donors (Lipinski definition) is 3. The lowest BCUT2D eigenvalue weighted by atomic mass is 10.2. The molecule has 0 radical (unpaired) electrons. The number of ether oxygens (including phenoxy) is 1. The Bertz CT molecular complexity index is 788. The Hall–Kier alpha value is -2.82. The number of amides is 1. The molecule has 2 aromatic carbocycles. The van der Waals surface area contributed by atoms with Crippen molar-refractivity contribution in [1.82, 2.24) is 10.9 Å². The number of nitrogens with zero attached hydrogens (tertiary/aromatic N) is 1. The van der Waals surface area contributed by atoms with Crippen molar-refractivity contribution in [2.75, 3.05) is 5.32 Å². The second kappa shape index (κ2) is 8.87. The summed E-state index contributed by atoms with van der Waals surface area (Å²) in [5.41, 5.74) is 6.31. The van der Waals surface area contributed by atoms with Crippen molar-refractivity contribution in [3.63, 3.8) is 0 Å². The lowest BCUT2D eigenvalue weighted by molar-refractivity contribution is -0.127. The van der Waals surface area contributed by atoms with Crippen molar-refractivity contribution in [3.05, 3.63) is 59.1 Å². The van der Waals surface area contributed by atoms with Gasteiger partial charge in [-0.3, -0.25) is 15.6 Å². The van der Waals surface area contributed by atoms with Gasteiger partial charge in [0.2, 0.25) is 0 Å². The first kappa shape index (κ1) is 18.5. The molecule has 1 amide bonds. The average Bonchev–Trinajstić information content (AvgIpc) is 2.62. The minimum Gasteiger partial charge on any atom is -0.481 e. The van der Waals surface area contributed by atoms with E-state index in [0.29, 0.717) is 16.3 Å². The van der Waals surface area contributed by atoms with Crippen LogP contribution < -0.4 is 20.9 Å². The maximum absolute atomic E-state index is 12.0. The van der Waals surface area contributed by atoms with Crippen LogP contribution in [0, 0.1) is 11.3 Å². The van der Waals surface area contributed by atoms with E-state index in [2.05, 4.69) is 16.2 Å². The smallest absolute Gasteiger partial charge is 0.279 e. The molecule has 2 rings (SSSR count). The number of anilines is 1. The second-order valence-corrected chi connectivity index (χ2v) is 5.82. The first-order valence-corrected chi connectivity index (χ1v) is 8.06. The summed E-state index contributed by atoms with van der Waals surface area (Å²) in [5, 5.41) is 12.5. The third-order valence-corrected chi connectivity index (χ3v) is 3.52. The minimum atomic E-state index is -0.751. The van der Waals surface area contributed by atoms with Crippen molar-refractivity contribution in [2.24, 2.45) is 0 Å². The third kappa shape index (κ3) is 5.95. The number of hydrazine groups is 1. The molecule has 25 heavy (non-hydrogen) atoms. The van der Waals surface area contributed by atoms with Crippen molar-refractivity contribution in [3.8, 4) is 11.8 Å². The highest BCUT2D eigenvalue weighted by Crippen LogP contribution is 2.14. The molecule has 0 saturated heterocycles. The number of halogens is 1. The molecule has 0 aliphatic carbocycles. The molecular formula is C17H15ClN4O2S. The van der Waals surface area contributed by atoms with Crippen LogP contribution in [0.1, 0.15) is 12.5 Å². The van der Waals surface area contributed by atoms with Crippen LogP contribution in [0.2, 0.25) is 5.02 Å². The molecule has 0 bridgehead atoms. The number of carbonyl (C=O) groups is 1. The lowest BCUT2D eigenvalue weighted by Gasteiger charge is -2.16. The Morgan fingerprint density at radius 3 is 2.40 bits per heavy atom. The molecular weight excluding hydrogens is 360 g/mol. The summed E-state index contributed by atoms with van der Waals surface area (Å²) in [6.07, 6.45) is -0.751. The van der Waals surface area contributed by atoms with E-state index in [1.165, 1.54) is 0 Å². The molecule has 0 aliphatic heterocycles. The summed E-state index contributed by atoms with van der Waals surface area (Å²) >= 11 is 10.9. The normalized spacial score (nSPS) is 10.9. The van der Waals surface area contributed by atoms with E-state index in [-0.39, 0.29) is 5.11 Å². The molecule has 2 aromatic rings. The standard InChI is InChI=1S/C17H15ClN4O2S/c1-11(24-15-8-2-12(10-19)3-9-15)16(23)21-22-17(25)20-14-6-4-13(18)5-7-14/h2-9,11H,1H3,(H,21,23)(H2,20,22,25)/t11-/m0/s1. The van der Waals surface area contributed by atoms with Gasteiger partial charge in [-0.25, -0.2) is 0 Å². The van der Waals surface area contributed by atoms with Crippen LogP contribution in [0.4, 0.5) is 5.69 Å². The molecule has 3 N–H and O–H groups in total. The maximum atomic E-state index is 12.0. The topological polar surface area (TPSA) is 86.2 Å². The third-order valence-electron chi connectivity index (χ3n) is 3.07. The number of rotatable bonds is 4. The van der Waals surface area contributed by atoms with Gasteiger partial charge >= 0.3 is 0 Å². The molecule has 0 aliphatic rings. The molecule has 0 heterocycles. The highest BCUT2D eigenvalue weighted by Gasteiger charge is 2.14. The number of hydrogen-bond acceptors (Lipinski definition) is 4. The van der Waals surface area contributed by atoms with E-state index in [1.54, 1.807) is 55.5 Å². The Morgan fingerprint density at radius 1 is 1.16 bits per heavy atom. The van der Waals surface area contributed by atoms with Crippen molar-refractivity contribution < 1.29 is 9.53 Å². The predicted octanol–water partition coefficient (Wildman–Crippen LogP) is 3.00. The fraction of sp³-hybridized carbons (Fsp3) is 0.118. The van der Waals surface area contributed by atoms with E-state index in [0.717, 1.165) is 5.69 Å². The number of benzene rings is 2. The SMILES string of the molecule is C[C@H](Oc1ccc(C#N)cc1)C(=O)NNC(=S)Nc1ccc(Cl)cc1. The minimum absolute atomic E-state index is 0.223. The van der Waals surface area contributed by atoms with Gasteiger partial charge in [-0.05, 0) is 67.7 Å². The first-order valence-electron chi connectivity index (χ1n) is 7.27. The molecule has 0 fully saturated rings. The van der Waals surface area contributed by atoms with Gasteiger partial charge in [0, 0.05) is 10.7 Å². The number of nitriles is 1. The zero-order chi connectivity index (χ0) is 18.2. The van der Waals surface area contributed by atoms with Crippen LogP contribution in [-0.2, 0) is 4.79 Å². The van der Waals surface area contributed by atoms with Crippen LogP contribution in [0.15, 0.2) is 48.5 Å². The quantitative estimate of drug-likeness (QED) is 0.563. The molecule has 0 unspecified atom stereocenters. The summed E-state index contributed by atoms with van der Waals surface area (Å²) in [6.45, 7) is 1.60. The van der Waals surface area contributed by atoms with E-state index in [1.807, 2.05) is 6.07 Å². The molecule has 6 nitrogen and oxygen atoms in total. The molecule has 0 saturated carbocycles. The zero-order valence-corrected chi connectivity index (χ0v) is 14.8. The van der Waals surface area contributed by atoms with E-state index in [4.69, 9.17) is 33.8 Å². The van der Waals surface area contributed by atoms with Gasteiger partial charge in [0.05, 0.1) is 11.6 Å². The van der Waals surface area contributed by atoms with Crippen LogP contribution in [0.25, 0.3) is 0 Å². The Labute approximate surface area is 155 Å². The maximum Gasteiger partial charge on any atom is 0.279 e. The van der Waals surface area contributed by atoms with Gasteiger partial charge in [-0.15, -0.1) is 0 Å². The predicted molar refractivity (Wildman–Crippen MR) is 100 cm³/mol. The Kier molecular flexibility index (Phi) is 6.57. The fourth-order valence-corrected chi connectivity index (χ4v) is 2.08. The van der Waals surface area contributed by atoms with Gasteiger partial charge in [0.25, 0.3) is 5.91 Å². The molecule has 0 spiro atoms. The monoisotopic (exact) mass is 374 g/mol. The van der Waals surface area contributed by atoms with E-state index >= 15 is 0 Å². The van der Waals surface area contributed by atoms with Gasteiger partial charge in [-0.2, -0.15) is 5.26 Å². The van der Waals surface area contributed by atoms with Gasteiger partial charge in [-0.1, -0.05) is 11.6 Å².